The Morgan fingerprint density at radius 2 is 1.88 bits per heavy atom. The Morgan fingerprint density at radius 3 is 2.25 bits per heavy atom. The van der Waals surface area contributed by atoms with Crippen molar-refractivity contribution in [3.05, 3.63) is 42.6 Å². The van der Waals surface area contributed by atoms with E-state index in [2.05, 4.69) is 6.92 Å². The highest BCUT2D eigenvalue weighted by Gasteiger charge is 1.78. The molecule has 0 nitrogen and oxygen atoms in total. The van der Waals surface area contributed by atoms with E-state index in [1.54, 1.807) is 18.2 Å². The van der Waals surface area contributed by atoms with E-state index in [-0.39, 0.29) is 5.82 Å². The molecule has 0 atom stereocenters. The van der Waals surface area contributed by atoms with Gasteiger partial charge >= 0.3 is 0 Å². The number of halogens is 1. The second-order valence-electron chi connectivity index (χ2n) is 1.59. The summed E-state index contributed by atoms with van der Waals surface area (Å²) in [6.07, 6.45) is 0. The molecule has 0 amide bonds. The van der Waals surface area contributed by atoms with E-state index < -0.39 is 0 Å². The normalized spacial score (nSPS) is 9.12. The zero-order chi connectivity index (χ0) is 5.98. The van der Waals surface area contributed by atoms with Crippen molar-refractivity contribution in [2.45, 2.75) is 0 Å². The van der Waals surface area contributed by atoms with Crippen molar-refractivity contribution < 1.29 is 4.39 Å². The summed E-state index contributed by atoms with van der Waals surface area (Å²) in [6.45, 7) is 3.45. The van der Waals surface area contributed by atoms with Crippen molar-refractivity contribution in [2.75, 3.05) is 0 Å². The van der Waals surface area contributed by atoms with Gasteiger partial charge in [0.25, 0.3) is 0 Å². The van der Waals surface area contributed by atoms with E-state index in [9.17, 15) is 4.39 Å². The molecule has 1 heteroatoms. The first kappa shape index (κ1) is 5.16. The molecule has 0 unspecified atom stereocenters. The Balaban J connectivity index is 3.13. The number of hydrogen-bond donors (Lipinski definition) is 0. The summed E-state index contributed by atoms with van der Waals surface area (Å²) in [5.74, 6) is -0.243. The Morgan fingerprint density at radius 1 is 1.25 bits per heavy atom. The molecule has 0 saturated heterocycles. The third kappa shape index (κ3) is 0.808. The quantitative estimate of drug-likeness (QED) is 0.447. The van der Waals surface area contributed by atoms with E-state index in [0.717, 1.165) is 0 Å². The summed E-state index contributed by atoms with van der Waals surface area (Å²) in [5.41, 5.74) is 0.451. The standard InChI is InChI=1S/C7H6F/c1-6-4-2-3-5-7(6)8/h2-5H,1H2/q-1. The van der Waals surface area contributed by atoms with Crippen molar-refractivity contribution in [3.63, 3.8) is 0 Å². The van der Waals surface area contributed by atoms with Gasteiger partial charge in [0, 0.05) is 5.82 Å². The van der Waals surface area contributed by atoms with Gasteiger partial charge in [-0.1, -0.05) is 12.1 Å². The minimum Gasteiger partial charge on any atom is -0.284 e. The summed E-state index contributed by atoms with van der Waals surface area (Å²) in [4.78, 5) is 0. The molecule has 0 aromatic heterocycles. The smallest absolute Gasteiger partial charge is 0.0157 e. The third-order valence-corrected chi connectivity index (χ3v) is 0.958. The van der Waals surface area contributed by atoms with E-state index in [1.165, 1.54) is 6.07 Å². The van der Waals surface area contributed by atoms with Crippen molar-refractivity contribution in [1.82, 2.24) is 0 Å². The predicted octanol–water partition coefficient (Wildman–Crippen LogP) is 2.01. The van der Waals surface area contributed by atoms with Gasteiger partial charge in [-0.2, -0.15) is 18.6 Å². The van der Waals surface area contributed by atoms with Crippen LogP contribution in [0.1, 0.15) is 5.56 Å². The van der Waals surface area contributed by atoms with Gasteiger partial charge in [0.15, 0.2) is 0 Å². The van der Waals surface area contributed by atoms with Crippen LogP contribution in [0.3, 0.4) is 0 Å². The highest BCUT2D eigenvalue weighted by Crippen LogP contribution is 2.01. The van der Waals surface area contributed by atoms with Gasteiger partial charge in [-0.05, 0) is 0 Å². The molecule has 0 fully saturated rings. The molecule has 1 aromatic rings. The van der Waals surface area contributed by atoms with Crippen LogP contribution in [0.25, 0.3) is 0 Å². The Bertz CT molecular complexity index is 160. The lowest BCUT2D eigenvalue weighted by molar-refractivity contribution is 0.623. The van der Waals surface area contributed by atoms with E-state index in [4.69, 9.17) is 0 Å². The van der Waals surface area contributed by atoms with Crippen LogP contribution in [-0.2, 0) is 0 Å². The van der Waals surface area contributed by atoms with Crippen LogP contribution in [0.5, 0.6) is 0 Å². The molecule has 1 aromatic carbocycles. The largest absolute Gasteiger partial charge is 0.284 e. The van der Waals surface area contributed by atoms with Gasteiger partial charge < -0.3 is 0 Å². The fourth-order valence-electron chi connectivity index (χ4n) is 0.498. The summed E-state index contributed by atoms with van der Waals surface area (Å²) in [5, 5.41) is 0. The van der Waals surface area contributed by atoms with Gasteiger partial charge in [0.05, 0.1) is 0 Å². The molecule has 0 heterocycles. The topological polar surface area (TPSA) is 0 Å². The first-order chi connectivity index (χ1) is 3.80. The zero-order valence-corrected chi connectivity index (χ0v) is 4.39. The lowest BCUT2D eigenvalue weighted by atomic mass is 10.2. The molecule has 0 aliphatic rings. The second kappa shape index (κ2) is 1.86. The maximum atomic E-state index is 12.3. The molecule has 0 aliphatic heterocycles. The molecule has 0 saturated carbocycles. The fourth-order valence-corrected chi connectivity index (χ4v) is 0.498. The van der Waals surface area contributed by atoms with Crippen LogP contribution in [0.4, 0.5) is 4.39 Å². The van der Waals surface area contributed by atoms with Crippen LogP contribution in [0, 0.1) is 12.7 Å². The number of rotatable bonds is 0. The molecule has 0 N–H and O–H groups in total. The first-order valence-corrected chi connectivity index (χ1v) is 2.37. The zero-order valence-electron chi connectivity index (χ0n) is 4.39. The van der Waals surface area contributed by atoms with E-state index >= 15 is 0 Å². The molecular weight excluding hydrogens is 103 g/mol. The van der Waals surface area contributed by atoms with Crippen molar-refractivity contribution in [1.29, 1.82) is 0 Å². The van der Waals surface area contributed by atoms with Crippen molar-refractivity contribution in [2.24, 2.45) is 0 Å². The maximum Gasteiger partial charge on any atom is 0.0157 e. The first-order valence-electron chi connectivity index (χ1n) is 2.37. The monoisotopic (exact) mass is 109 g/mol. The van der Waals surface area contributed by atoms with Crippen LogP contribution in [0.2, 0.25) is 0 Å². The summed E-state index contributed by atoms with van der Waals surface area (Å²) in [7, 11) is 0. The fraction of sp³-hybridized carbons (Fsp3) is 0. The van der Waals surface area contributed by atoms with Crippen LogP contribution in [-0.4, -0.2) is 0 Å². The highest BCUT2D eigenvalue weighted by atomic mass is 19.1. The Hall–Kier alpha value is -0.980. The second-order valence-corrected chi connectivity index (χ2v) is 1.59. The van der Waals surface area contributed by atoms with Crippen molar-refractivity contribution in [3.8, 4) is 0 Å². The van der Waals surface area contributed by atoms with Crippen LogP contribution >= 0.6 is 0 Å². The number of benzene rings is 1. The molecule has 42 valence electrons. The molecule has 8 heavy (non-hydrogen) atoms. The Labute approximate surface area is 48.0 Å². The van der Waals surface area contributed by atoms with Crippen LogP contribution < -0.4 is 0 Å². The average Bonchev–Trinajstić information content (AvgIpc) is 1.77. The lowest BCUT2D eigenvalue weighted by Gasteiger charge is -1.99. The summed E-state index contributed by atoms with van der Waals surface area (Å²) in [6, 6.07) is 6.42. The van der Waals surface area contributed by atoms with Gasteiger partial charge in [-0.15, -0.1) is 6.07 Å². The van der Waals surface area contributed by atoms with Gasteiger partial charge in [0.1, 0.15) is 0 Å². The van der Waals surface area contributed by atoms with Gasteiger partial charge in [-0.25, -0.2) is 0 Å². The SMILES string of the molecule is [CH2-]c1ccccc1F. The summed E-state index contributed by atoms with van der Waals surface area (Å²) < 4.78 is 12.3. The molecule has 0 spiro atoms. The highest BCUT2D eigenvalue weighted by molar-refractivity contribution is 5.19. The third-order valence-electron chi connectivity index (χ3n) is 0.958. The minimum absolute atomic E-state index is 0.243. The minimum atomic E-state index is -0.243. The van der Waals surface area contributed by atoms with E-state index in [0.29, 0.717) is 5.56 Å². The van der Waals surface area contributed by atoms with Crippen molar-refractivity contribution >= 4 is 0 Å². The molecule has 0 radical (unpaired) electrons. The molecule has 1 rings (SSSR count). The Kier molecular flexibility index (Phi) is 1.20. The molecular formula is C7H6F-. The summed E-state index contributed by atoms with van der Waals surface area (Å²) >= 11 is 0. The van der Waals surface area contributed by atoms with Gasteiger partial charge in [0.2, 0.25) is 0 Å². The maximum absolute atomic E-state index is 12.3. The van der Waals surface area contributed by atoms with Crippen LogP contribution in [0.15, 0.2) is 24.3 Å². The van der Waals surface area contributed by atoms with Gasteiger partial charge in [-0.3, -0.25) is 4.39 Å². The van der Waals surface area contributed by atoms with E-state index in [1.807, 2.05) is 0 Å². The molecule has 0 bridgehead atoms. The molecule has 0 aliphatic carbocycles. The average molecular weight is 109 g/mol. The lowest BCUT2D eigenvalue weighted by Crippen LogP contribution is -1.76. The number of hydrogen-bond acceptors (Lipinski definition) is 0. The predicted molar refractivity (Wildman–Crippen MR) is 30.9 cm³/mol.